The normalized spacial score (nSPS) is 10.1. The van der Waals surface area contributed by atoms with Crippen molar-refractivity contribution in [1.29, 1.82) is 0 Å². The number of nitrogens with zero attached hydrogens (tertiary/aromatic N) is 1. The van der Waals surface area contributed by atoms with E-state index in [-0.39, 0.29) is 25.5 Å². The molecule has 1 aromatic heterocycles. The van der Waals surface area contributed by atoms with Crippen LogP contribution in [0.2, 0.25) is 0 Å². The lowest BCUT2D eigenvalue weighted by Gasteiger charge is -2.05. The number of nitrogens with one attached hydrogen (secondary N) is 1. The average molecular weight is 288 g/mol. The van der Waals surface area contributed by atoms with Crippen LogP contribution in [0.15, 0.2) is 40.9 Å². The molecule has 0 aliphatic carbocycles. The van der Waals surface area contributed by atoms with Gasteiger partial charge in [0.25, 0.3) is 5.91 Å². The van der Waals surface area contributed by atoms with Gasteiger partial charge in [-0.3, -0.25) is 9.59 Å². The zero-order valence-electron chi connectivity index (χ0n) is 11.7. The van der Waals surface area contributed by atoms with Gasteiger partial charge in [0.05, 0.1) is 12.1 Å². The maximum absolute atomic E-state index is 11.7. The SMILES string of the molecule is Cc1cc(COC(=O)CCNC(=O)c2ccccc2)on1. The summed E-state index contributed by atoms with van der Waals surface area (Å²) < 4.78 is 9.92. The fourth-order valence-electron chi connectivity index (χ4n) is 1.68. The Morgan fingerprint density at radius 1 is 1.29 bits per heavy atom. The summed E-state index contributed by atoms with van der Waals surface area (Å²) in [4.78, 5) is 23.2. The molecule has 0 fully saturated rings. The summed E-state index contributed by atoms with van der Waals surface area (Å²) >= 11 is 0. The van der Waals surface area contributed by atoms with Crippen LogP contribution in [-0.2, 0) is 16.1 Å². The van der Waals surface area contributed by atoms with Gasteiger partial charge in [0, 0.05) is 18.2 Å². The Balaban J connectivity index is 1.66. The van der Waals surface area contributed by atoms with Gasteiger partial charge in [-0.15, -0.1) is 0 Å². The minimum atomic E-state index is -0.405. The molecule has 0 aliphatic heterocycles. The van der Waals surface area contributed by atoms with E-state index in [9.17, 15) is 9.59 Å². The predicted molar refractivity (Wildman–Crippen MR) is 74.4 cm³/mol. The van der Waals surface area contributed by atoms with E-state index < -0.39 is 5.97 Å². The number of amides is 1. The molecule has 0 radical (unpaired) electrons. The van der Waals surface area contributed by atoms with Crippen LogP contribution in [0.4, 0.5) is 0 Å². The highest BCUT2D eigenvalue weighted by Gasteiger charge is 2.08. The minimum Gasteiger partial charge on any atom is -0.457 e. The van der Waals surface area contributed by atoms with Crippen molar-refractivity contribution in [2.75, 3.05) is 6.54 Å². The van der Waals surface area contributed by atoms with Crippen LogP contribution in [0, 0.1) is 6.92 Å². The van der Waals surface area contributed by atoms with Crippen LogP contribution in [0.25, 0.3) is 0 Å². The molecule has 1 heterocycles. The molecule has 110 valence electrons. The van der Waals surface area contributed by atoms with Crippen molar-refractivity contribution in [2.24, 2.45) is 0 Å². The van der Waals surface area contributed by atoms with Crippen molar-refractivity contribution in [1.82, 2.24) is 10.5 Å². The lowest BCUT2D eigenvalue weighted by Crippen LogP contribution is -2.26. The van der Waals surface area contributed by atoms with Gasteiger partial charge in [0.2, 0.25) is 0 Å². The molecule has 1 amide bonds. The first-order valence-corrected chi connectivity index (χ1v) is 6.56. The summed E-state index contributed by atoms with van der Waals surface area (Å²) in [7, 11) is 0. The highest BCUT2D eigenvalue weighted by Crippen LogP contribution is 2.04. The van der Waals surface area contributed by atoms with E-state index in [1.807, 2.05) is 6.07 Å². The third-order valence-corrected chi connectivity index (χ3v) is 2.70. The Labute approximate surface area is 122 Å². The number of benzene rings is 1. The largest absolute Gasteiger partial charge is 0.457 e. The van der Waals surface area contributed by atoms with E-state index >= 15 is 0 Å². The minimum absolute atomic E-state index is 0.0479. The summed E-state index contributed by atoms with van der Waals surface area (Å²) in [6, 6.07) is 10.5. The molecule has 21 heavy (non-hydrogen) atoms. The smallest absolute Gasteiger partial charge is 0.308 e. The Bertz CT molecular complexity index is 607. The first kappa shape index (κ1) is 14.8. The Morgan fingerprint density at radius 2 is 2.05 bits per heavy atom. The van der Waals surface area contributed by atoms with Gasteiger partial charge in [0.15, 0.2) is 12.4 Å². The number of rotatable bonds is 6. The Kier molecular flexibility index (Phi) is 5.09. The van der Waals surface area contributed by atoms with Crippen LogP contribution in [-0.4, -0.2) is 23.6 Å². The van der Waals surface area contributed by atoms with Gasteiger partial charge in [-0.25, -0.2) is 0 Å². The third kappa shape index (κ3) is 4.76. The second-order valence-corrected chi connectivity index (χ2v) is 4.47. The highest BCUT2D eigenvalue weighted by atomic mass is 16.5. The molecule has 0 aliphatic rings. The lowest BCUT2D eigenvalue weighted by atomic mass is 10.2. The monoisotopic (exact) mass is 288 g/mol. The molecule has 0 bridgehead atoms. The van der Waals surface area contributed by atoms with E-state index in [0.29, 0.717) is 11.3 Å². The maximum Gasteiger partial charge on any atom is 0.308 e. The molecule has 1 aromatic carbocycles. The fourth-order valence-corrected chi connectivity index (χ4v) is 1.68. The summed E-state index contributed by atoms with van der Waals surface area (Å²) in [5, 5.41) is 6.35. The van der Waals surface area contributed by atoms with Crippen LogP contribution < -0.4 is 5.32 Å². The molecule has 2 rings (SSSR count). The van der Waals surface area contributed by atoms with Crippen molar-refractivity contribution < 1.29 is 18.8 Å². The molecule has 0 spiro atoms. The van der Waals surface area contributed by atoms with Gasteiger partial charge in [-0.1, -0.05) is 23.4 Å². The van der Waals surface area contributed by atoms with Crippen LogP contribution in [0.5, 0.6) is 0 Å². The first-order chi connectivity index (χ1) is 10.1. The van der Waals surface area contributed by atoms with E-state index in [4.69, 9.17) is 9.26 Å². The molecule has 0 saturated heterocycles. The van der Waals surface area contributed by atoms with Crippen molar-refractivity contribution >= 4 is 11.9 Å². The number of carbonyl (C=O) groups is 2. The van der Waals surface area contributed by atoms with Crippen molar-refractivity contribution in [2.45, 2.75) is 20.0 Å². The zero-order chi connectivity index (χ0) is 15.1. The van der Waals surface area contributed by atoms with Gasteiger partial charge in [-0.05, 0) is 19.1 Å². The number of aryl methyl sites for hydroxylation is 1. The zero-order valence-corrected chi connectivity index (χ0v) is 11.7. The topological polar surface area (TPSA) is 81.4 Å². The Hall–Kier alpha value is -2.63. The molecular formula is C15H16N2O4. The van der Waals surface area contributed by atoms with E-state index in [0.717, 1.165) is 5.69 Å². The second-order valence-electron chi connectivity index (χ2n) is 4.47. The van der Waals surface area contributed by atoms with Gasteiger partial charge >= 0.3 is 5.97 Å². The molecule has 6 heteroatoms. The standard InChI is InChI=1S/C15H16N2O4/c1-11-9-13(21-17-11)10-20-14(18)7-8-16-15(19)12-5-3-2-4-6-12/h2-6,9H,7-8,10H2,1H3,(H,16,19). The number of carbonyl (C=O) groups excluding carboxylic acids is 2. The van der Waals surface area contributed by atoms with Gasteiger partial charge in [-0.2, -0.15) is 0 Å². The van der Waals surface area contributed by atoms with Crippen LogP contribution >= 0.6 is 0 Å². The summed E-state index contributed by atoms with van der Waals surface area (Å²) in [5.41, 5.74) is 1.29. The quantitative estimate of drug-likeness (QED) is 0.820. The van der Waals surface area contributed by atoms with E-state index in [2.05, 4.69) is 10.5 Å². The van der Waals surface area contributed by atoms with Crippen LogP contribution in [0.3, 0.4) is 0 Å². The molecule has 2 aromatic rings. The molecule has 0 atom stereocenters. The van der Waals surface area contributed by atoms with Gasteiger partial charge in [0.1, 0.15) is 0 Å². The second kappa shape index (κ2) is 7.23. The van der Waals surface area contributed by atoms with Gasteiger partial charge < -0.3 is 14.6 Å². The molecule has 0 saturated carbocycles. The number of hydrogen-bond acceptors (Lipinski definition) is 5. The predicted octanol–water partition coefficient (Wildman–Crippen LogP) is 1.85. The van der Waals surface area contributed by atoms with E-state index in [1.54, 1.807) is 37.3 Å². The summed E-state index contributed by atoms with van der Waals surface area (Å²) in [5.74, 6) is -0.124. The summed E-state index contributed by atoms with van der Waals surface area (Å²) in [6.45, 7) is 2.06. The molecule has 0 unspecified atom stereocenters. The number of esters is 1. The van der Waals surface area contributed by atoms with Crippen molar-refractivity contribution in [3.05, 3.63) is 53.4 Å². The van der Waals surface area contributed by atoms with Crippen LogP contribution in [0.1, 0.15) is 28.2 Å². The average Bonchev–Trinajstić information content (AvgIpc) is 2.91. The molecule has 1 N–H and O–H groups in total. The maximum atomic E-state index is 11.7. The number of ether oxygens (including phenoxy) is 1. The first-order valence-electron chi connectivity index (χ1n) is 6.56. The third-order valence-electron chi connectivity index (χ3n) is 2.70. The lowest BCUT2D eigenvalue weighted by molar-refractivity contribution is -0.145. The molecule has 6 nitrogen and oxygen atoms in total. The fraction of sp³-hybridized carbons (Fsp3) is 0.267. The number of hydrogen-bond donors (Lipinski definition) is 1. The Morgan fingerprint density at radius 3 is 2.71 bits per heavy atom. The molecular weight excluding hydrogens is 272 g/mol. The van der Waals surface area contributed by atoms with Crippen molar-refractivity contribution in [3.63, 3.8) is 0 Å². The highest BCUT2D eigenvalue weighted by molar-refractivity contribution is 5.94. The van der Waals surface area contributed by atoms with Crippen molar-refractivity contribution in [3.8, 4) is 0 Å². The van der Waals surface area contributed by atoms with E-state index in [1.165, 1.54) is 0 Å². The summed E-state index contributed by atoms with van der Waals surface area (Å²) in [6.07, 6.45) is 0.103. The number of aromatic nitrogens is 1.